The minimum Gasteiger partial charge on any atom is -0.316 e. The van der Waals surface area contributed by atoms with E-state index in [0.717, 1.165) is 23.8 Å². The highest BCUT2D eigenvalue weighted by Gasteiger charge is 2.32. The van der Waals surface area contributed by atoms with Gasteiger partial charge in [-0.15, -0.1) is 0 Å². The fourth-order valence-electron chi connectivity index (χ4n) is 3.84. The van der Waals surface area contributed by atoms with Crippen molar-refractivity contribution in [1.29, 1.82) is 0 Å². The van der Waals surface area contributed by atoms with Crippen molar-refractivity contribution in [2.75, 3.05) is 7.05 Å². The van der Waals surface area contributed by atoms with Gasteiger partial charge in [-0.2, -0.15) is 0 Å². The zero-order valence-electron chi connectivity index (χ0n) is 12.5. The van der Waals surface area contributed by atoms with Crippen LogP contribution in [0.15, 0.2) is 0 Å². The lowest BCUT2D eigenvalue weighted by Crippen LogP contribution is -2.43. The fraction of sp³-hybridized carbons (Fsp3) is 1.00. The summed E-state index contributed by atoms with van der Waals surface area (Å²) in [5, 5.41) is 3.64. The third-order valence-electron chi connectivity index (χ3n) is 4.91. The molecule has 0 aliphatic heterocycles. The summed E-state index contributed by atoms with van der Waals surface area (Å²) in [6.45, 7) is 7.14. The first-order valence-corrected chi connectivity index (χ1v) is 7.91. The molecule has 1 nitrogen and oxygen atoms in total. The van der Waals surface area contributed by atoms with E-state index in [-0.39, 0.29) is 0 Å². The van der Waals surface area contributed by atoms with Crippen LogP contribution in [-0.4, -0.2) is 13.1 Å². The molecule has 17 heavy (non-hydrogen) atoms. The molecule has 4 unspecified atom stereocenters. The Bertz CT molecular complexity index is 190. The highest BCUT2D eigenvalue weighted by molar-refractivity contribution is 4.86. The molecular weight excluding hydrogens is 206 g/mol. The molecule has 0 spiro atoms. The van der Waals surface area contributed by atoms with Crippen molar-refractivity contribution in [1.82, 2.24) is 5.32 Å². The molecule has 0 heterocycles. The molecule has 102 valence electrons. The number of hydrogen-bond donors (Lipinski definition) is 1. The molecular formula is C16H33N. The lowest BCUT2D eigenvalue weighted by atomic mass is 9.70. The number of nitrogens with one attached hydrogen (secondary N) is 1. The summed E-state index contributed by atoms with van der Waals surface area (Å²) in [5.74, 6) is 2.76. The molecule has 1 aliphatic carbocycles. The predicted octanol–water partition coefficient (Wildman–Crippen LogP) is 4.62. The van der Waals surface area contributed by atoms with E-state index in [9.17, 15) is 0 Å². The molecule has 0 radical (unpaired) electrons. The summed E-state index contributed by atoms with van der Waals surface area (Å²) in [7, 11) is 2.18. The van der Waals surface area contributed by atoms with Gasteiger partial charge in [0.15, 0.2) is 0 Å². The van der Waals surface area contributed by atoms with E-state index in [0.29, 0.717) is 0 Å². The summed E-state index contributed by atoms with van der Waals surface area (Å²) >= 11 is 0. The standard InChI is InChI=1S/C16H33N/c1-5-7-10-13(3)16(17-4)15-12-9-8-11-14(15)6-2/h13-17H,5-12H2,1-4H3. The van der Waals surface area contributed by atoms with Crippen LogP contribution >= 0.6 is 0 Å². The predicted molar refractivity (Wildman–Crippen MR) is 77.3 cm³/mol. The van der Waals surface area contributed by atoms with Crippen LogP contribution in [0.4, 0.5) is 0 Å². The largest absolute Gasteiger partial charge is 0.316 e. The van der Waals surface area contributed by atoms with E-state index < -0.39 is 0 Å². The van der Waals surface area contributed by atoms with Crippen LogP contribution in [-0.2, 0) is 0 Å². The summed E-state index contributed by atoms with van der Waals surface area (Å²) in [6.07, 6.45) is 11.4. The maximum absolute atomic E-state index is 3.64. The number of rotatable bonds is 7. The Morgan fingerprint density at radius 1 is 1.18 bits per heavy atom. The average molecular weight is 239 g/mol. The van der Waals surface area contributed by atoms with Crippen LogP contribution < -0.4 is 5.32 Å². The summed E-state index contributed by atoms with van der Waals surface area (Å²) in [5.41, 5.74) is 0. The molecule has 0 aromatic rings. The molecule has 0 aromatic heterocycles. The van der Waals surface area contributed by atoms with E-state index in [1.54, 1.807) is 0 Å². The highest BCUT2D eigenvalue weighted by Crippen LogP contribution is 2.37. The quantitative estimate of drug-likeness (QED) is 0.683. The van der Waals surface area contributed by atoms with E-state index in [1.165, 1.54) is 51.4 Å². The molecule has 0 saturated heterocycles. The zero-order valence-corrected chi connectivity index (χ0v) is 12.5. The first-order valence-electron chi connectivity index (χ1n) is 7.91. The number of unbranched alkanes of at least 4 members (excludes halogenated alkanes) is 1. The second kappa shape index (κ2) is 8.13. The van der Waals surface area contributed by atoms with E-state index in [2.05, 4.69) is 33.1 Å². The van der Waals surface area contributed by atoms with Gasteiger partial charge < -0.3 is 5.32 Å². The Hall–Kier alpha value is -0.0400. The molecule has 1 rings (SSSR count). The molecule has 1 heteroatoms. The van der Waals surface area contributed by atoms with Gasteiger partial charge in [0.1, 0.15) is 0 Å². The van der Waals surface area contributed by atoms with E-state index >= 15 is 0 Å². The molecule has 1 fully saturated rings. The van der Waals surface area contributed by atoms with Crippen molar-refractivity contribution < 1.29 is 0 Å². The van der Waals surface area contributed by atoms with Crippen molar-refractivity contribution in [3.8, 4) is 0 Å². The molecule has 0 bridgehead atoms. The highest BCUT2D eigenvalue weighted by atomic mass is 14.9. The van der Waals surface area contributed by atoms with Crippen LogP contribution in [0.5, 0.6) is 0 Å². The maximum atomic E-state index is 3.64. The van der Waals surface area contributed by atoms with Crippen LogP contribution in [0.25, 0.3) is 0 Å². The van der Waals surface area contributed by atoms with Crippen molar-refractivity contribution in [3.63, 3.8) is 0 Å². The average Bonchev–Trinajstić information content (AvgIpc) is 2.37. The molecule has 1 N–H and O–H groups in total. The van der Waals surface area contributed by atoms with Gasteiger partial charge in [-0.1, -0.05) is 59.3 Å². The molecule has 4 atom stereocenters. The SMILES string of the molecule is CCCCC(C)C(NC)C1CCCCC1CC. The normalized spacial score (nSPS) is 28.9. The molecule has 1 saturated carbocycles. The number of hydrogen-bond acceptors (Lipinski definition) is 1. The topological polar surface area (TPSA) is 12.0 Å². The van der Waals surface area contributed by atoms with Crippen LogP contribution in [0, 0.1) is 17.8 Å². The van der Waals surface area contributed by atoms with Gasteiger partial charge in [-0.05, 0) is 37.6 Å². The smallest absolute Gasteiger partial charge is 0.0121 e. The van der Waals surface area contributed by atoms with Crippen molar-refractivity contribution >= 4 is 0 Å². The van der Waals surface area contributed by atoms with E-state index in [1.807, 2.05) is 0 Å². The van der Waals surface area contributed by atoms with Gasteiger partial charge >= 0.3 is 0 Å². The van der Waals surface area contributed by atoms with Gasteiger partial charge in [-0.25, -0.2) is 0 Å². The Kier molecular flexibility index (Phi) is 7.18. The Morgan fingerprint density at radius 3 is 2.47 bits per heavy atom. The summed E-state index contributed by atoms with van der Waals surface area (Å²) in [6, 6.07) is 0.756. The van der Waals surface area contributed by atoms with Crippen molar-refractivity contribution in [2.45, 2.75) is 78.2 Å². The Balaban J connectivity index is 2.56. The molecule has 1 aliphatic rings. The minimum absolute atomic E-state index is 0.756. The fourth-order valence-corrected chi connectivity index (χ4v) is 3.84. The van der Waals surface area contributed by atoms with E-state index in [4.69, 9.17) is 0 Å². The zero-order chi connectivity index (χ0) is 12.7. The van der Waals surface area contributed by atoms with Gasteiger partial charge in [-0.3, -0.25) is 0 Å². The third kappa shape index (κ3) is 4.28. The van der Waals surface area contributed by atoms with Gasteiger partial charge in [0.05, 0.1) is 0 Å². The summed E-state index contributed by atoms with van der Waals surface area (Å²) in [4.78, 5) is 0. The first kappa shape index (κ1) is 15.0. The third-order valence-corrected chi connectivity index (χ3v) is 4.91. The Morgan fingerprint density at radius 2 is 1.88 bits per heavy atom. The first-order chi connectivity index (χ1) is 8.24. The second-order valence-electron chi connectivity index (χ2n) is 6.05. The lowest BCUT2D eigenvalue weighted by Gasteiger charge is -2.39. The maximum Gasteiger partial charge on any atom is 0.0121 e. The Labute approximate surface area is 109 Å². The van der Waals surface area contributed by atoms with Crippen molar-refractivity contribution in [3.05, 3.63) is 0 Å². The van der Waals surface area contributed by atoms with Crippen molar-refractivity contribution in [2.24, 2.45) is 17.8 Å². The minimum atomic E-state index is 0.756. The monoisotopic (exact) mass is 239 g/mol. The van der Waals surface area contributed by atoms with Gasteiger partial charge in [0.2, 0.25) is 0 Å². The van der Waals surface area contributed by atoms with Gasteiger partial charge in [0.25, 0.3) is 0 Å². The molecule has 0 amide bonds. The lowest BCUT2D eigenvalue weighted by molar-refractivity contribution is 0.143. The van der Waals surface area contributed by atoms with Crippen LogP contribution in [0.2, 0.25) is 0 Å². The van der Waals surface area contributed by atoms with Crippen LogP contribution in [0.1, 0.15) is 72.1 Å². The second-order valence-corrected chi connectivity index (χ2v) is 6.05. The van der Waals surface area contributed by atoms with Gasteiger partial charge in [0, 0.05) is 6.04 Å². The van der Waals surface area contributed by atoms with Crippen LogP contribution in [0.3, 0.4) is 0 Å². The molecule has 0 aromatic carbocycles. The summed E-state index contributed by atoms with van der Waals surface area (Å²) < 4.78 is 0.